The summed E-state index contributed by atoms with van der Waals surface area (Å²) in [5.41, 5.74) is 3.44. The van der Waals surface area contributed by atoms with E-state index in [0.29, 0.717) is 17.0 Å². The third-order valence-electron chi connectivity index (χ3n) is 5.42. The molecule has 0 unspecified atom stereocenters. The van der Waals surface area contributed by atoms with E-state index < -0.39 is 0 Å². The molecular formula is C22H24N4O2. The molecule has 0 saturated carbocycles. The lowest BCUT2D eigenvalue weighted by Gasteiger charge is -2.20. The Bertz CT molecular complexity index is 1080. The van der Waals surface area contributed by atoms with E-state index >= 15 is 0 Å². The van der Waals surface area contributed by atoms with Crippen LogP contribution in [0.5, 0.6) is 0 Å². The Morgan fingerprint density at radius 1 is 1.32 bits per heavy atom. The maximum atomic E-state index is 12.9. The largest absolute Gasteiger partial charge is 0.348 e. The normalized spacial score (nSPS) is 17.1. The molecule has 6 heteroatoms. The number of nitrogens with one attached hydrogen (secondary N) is 1. The summed E-state index contributed by atoms with van der Waals surface area (Å²) < 4.78 is 1.36. The monoisotopic (exact) mass is 376 g/mol. The van der Waals surface area contributed by atoms with Gasteiger partial charge in [0.25, 0.3) is 5.56 Å². The molecule has 3 aromatic rings. The number of nitrogens with zero attached hydrogens (tertiary/aromatic N) is 3. The second-order valence-electron chi connectivity index (χ2n) is 7.69. The number of aromatic nitrogens is 3. The van der Waals surface area contributed by atoms with Crippen LogP contribution in [-0.4, -0.2) is 20.4 Å². The van der Waals surface area contributed by atoms with Crippen LogP contribution < -0.4 is 10.9 Å². The molecule has 28 heavy (non-hydrogen) atoms. The predicted molar refractivity (Wildman–Crippen MR) is 108 cm³/mol. The summed E-state index contributed by atoms with van der Waals surface area (Å²) in [6.45, 7) is 4.07. The average molecular weight is 376 g/mol. The minimum absolute atomic E-state index is 0.0631. The first-order valence-electron chi connectivity index (χ1n) is 9.73. The highest BCUT2D eigenvalue weighted by atomic mass is 16.2. The number of benzene rings is 1. The Labute approximate surface area is 163 Å². The van der Waals surface area contributed by atoms with Gasteiger partial charge in [-0.1, -0.05) is 37.3 Å². The quantitative estimate of drug-likeness (QED) is 0.760. The van der Waals surface area contributed by atoms with Crippen LogP contribution in [0.1, 0.15) is 43.1 Å². The fourth-order valence-corrected chi connectivity index (χ4v) is 3.80. The fraction of sp³-hybridized carbons (Fsp3) is 0.364. The molecule has 1 aliphatic carbocycles. The topological polar surface area (TPSA) is 76.9 Å². The molecule has 1 aromatic carbocycles. The highest BCUT2D eigenvalue weighted by Gasteiger charge is 2.19. The lowest BCUT2D eigenvalue weighted by molar-refractivity contribution is -0.122. The molecule has 2 atom stereocenters. The van der Waals surface area contributed by atoms with Crippen molar-refractivity contribution in [2.75, 3.05) is 0 Å². The highest BCUT2D eigenvalue weighted by molar-refractivity contribution is 5.78. The molecule has 0 radical (unpaired) electrons. The van der Waals surface area contributed by atoms with Crippen molar-refractivity contribution in [3.63, 3.8) is 0 Å². The number of hydrogen-bond acceptors (Lipinski definition) is 4. The summed E-state index contributed by atoms with van der Waals surface area (Å²) in [7, 11) is 0. The van der Waals surface area contributed by atoms with Gasteiger partial charge in [-0.25, -0.2) is 9.97 Å². The standard InChI is InChI=1S/C22H24N4O2/c1-14-8-9-19-17(10-14)11-18-21(25-19)23-13-26(22(18)28)12-20(27)24-15(2)16-6-4-3-5-7-16/h3-7,11,13-15H,8-10,12H2,1-2H3,(H,24,27)/t14-,15-/m1/s1. The van der Waals surface area contributed by atoms with Crippen molar-refractivity contribution in [3.8, 4) is 0 Å². The molecule has 1 N–H and O–H groups in total. The first-order valence-corrected chi connectivity index (χ1v) is 9.73. The van der Waals surface area contributed by atoms with Gasteiger partial charge in [0.05, 0.1) is 11.4 Å². The number of amides is 1. The molecule has 0 aliphatic heterocycles. The summed E-state index contributed by atoms with van der Waals surface area (Å²) in [4.78, 5) is 34.3. The van der Waals surface area contributed by atoms with Crippen LogP contribution in [0.3, 0.4) is 0 Å². The molecule has 0 spiro atoms. The Balaban J connectivity index is 1.56. The summed E-state index contributed by atoms with van der Waals surface area (Å²) in [5.74, 6) is 0.370. The van der Waals surface area contributed by atoms with E-state index in [1.807, 2.05) is 43.3 Å². The van der Waals surface area contributed by atoms with E-state index in [2.05, 4.69) is 22.2 Å². The Kier molecular flexibility index (Phi) is 4.94. The van der Waals surface area contributed by atoms with E-state index in [4.69, 9.17) is 0 Å². The third kappa shape index (κ3) is 3.67. The predicted octanol–water partition coefficient (Wildman–Crippen LogP) is 2.79. The van der Waals surface area contributed by atoms with Crippen LogP contribution in [0.15, 0.2) is 47.5 Å². The molecule has 2 heterocycles. The van der Waals surface area contributed by atoms with Crippen LogP contribution in [0.4, 0.5) is 0 Å². The maximum Gasteiger partial charge on any atom is 0.263 e. The van der Waals surface area contributed by atoms with Crippen molar-refractivity contribution < 1.29 is 4.79 Å². The fourth-order valence-electron chi connectivity index (χ4n) is 3.80. The summed E-state index contributed by atoms with van der Waals surface area (Å²) in [6.07, 6.45) is 4.39. The summed E-state index contributed by atoms with van der Waals surface area (Å²) in [5, 5.41) is 3.42. The van der Waals surface area contributed by atoms with Crippen LogP contribution in [-0.2, 0) is 24.2 Å². The van der Waals surface area contributed by atoms with Gasteiger partial charge in [0, 0.05) is 5.69 Å². The molecule has 0 saturated heterocycles. The zero-order valence-corrected chi connectivity index (χ0v) is 16.2. The molecule has 0 bridgehead atoms. The van der Waals surface area contributed by atoms with Gasteiger partial charge in [-0.2, -0.15) is 0 Å². The Hall–Kier alpha value is -3.02. The minimum Gasteiger partial charge on any atom is -0.348 e. The number of carbonyl (C=O) groups excluding carboxylic acids is 1. The molecule has 2 aromatic heterocycles. The van der Waals surface area contributed by atoms with Gasteiger partial charge in [0.15, 0.2) is 5.65 Å². The molecule has 1 aliphatic rings. The third-order valence-corrected chi connectivity index (χ3v) is 5.42. The number of rotatable bonds is 4. The lowest BCUT2D eigenvalue weighted by atomic mass is 9.87. The SMILES string of the molecule is C[C@@H]1CCc2nc3ncn(CC(=O)N[C@H](C)c4ccccc4)c(=O)c3cc2C1. The van der Waals surface area contributed by atoms with Gasteiger partial charge in [-0.15, -0.1) is 0 Å². The van der Waals surface area contributed by atoms with E-state index in [1.165, 1.54) is 10.9 Å². The van der Waals surface area contributed by atoms with Gasteiger partial charge in [-0.05, 0) is 49.3 Å². The van der Waals surface area contributed by atoms with Crippen molar-refractivity contribution >= 4 is 16.9 Å². The van der Waals surface area contributed by atoms with E-state index in [9.17, 15) is 9.59 Å². The van der Waals surface area contributed by atoms with Crippen molar-refractivity contribution in [1.82, 2.24) is 19.9 Å². The number of hydrogen-bond donors (Lipinski definition) is 1. The number of carbonyl (C=O) groups is 1. The molecular weight excluding hydrogens is 352 g/mol. The van der Waals surface area contributed by atoms with Gasteiger partial charge >= 0.3 is 0 Å². The van der Waals surface area contributed by atoms with Gasteiger partial charge in [0.2, 0.25) is 5.91 Å². The molecule has 0 fully saturated rings. The van der Waals surface area contributed by atoms with Crippen LogP contribution >= 0.6 is 0 Å². The second kappa shape index (κ2) is 7.54. The second-order valence-corrected chi connectivity index (χ2v) is 7.69. The first-order chi connectivity index (χ1) is 13.5. The van der Waals surface area contributed by atoms with E-state index in [-0.39, 0.29) is 24.1 Å². The number of fused-ring (bicyclic) bond motifs is 2. The van der Waals surface area contributed by atoms with Crippen LogP contribution in [0, 0.1) is 5.92 Å². The van der Waals surface area contributed by atoms with E-state index in [1.54, 1.807) is 0 Å². The Morgan fingerprint density at radius 3 is 2.89 bits per heavy atom. The molecule has 144 valence electrons. The zero-order valence-electron chi connectivity index (χ0n) is 16.2. The van der Waals surface area contributed by atoms with Crippen molar-refractivity contribution in [3.05, 3.63) is 69.9 Å². The van der Waals surface area contributed by atoms with Crippen molar-refractivity contribution in [2.45, 2.75) is 45.7 Å². The zero-order chi connectivity index (χ0) is 19.7. The van der Waals surface area contributed by atoms with Gasteiger partial charge in [0.1, 0.15) is 12.9 Å². The molecule has 4 rings (SSSR count). The number of pyridine rings is 1. The molecule has 1 amide bonds. The maximum absolute atomic E-state index is 12.9. The summed E-state index contributed by atoms with van der Waals surface area (Å²) >= 11 is 0. The minimum atomic E-state index is -0.223. The van der Waals surface area contributed by atoms with Crippen molar-refractivity contribution in [1.29, 1.82) is 0 Å². The lowest BCUT2D eigenvalue weighted by Crippen LogP contribution is -2.34. The van der Waals surface area contributed by atoms with Gasteiger partial charge < -0.3 is 5.32 Å². The van der Waals surface area contributed by atoms with Crippen LogP contribution in [0.25, 0.3) is 11.0 Å². The van der Waals surface area contributed by atoms with Crippen molar-refractivity contribution in [2.24, 2.45) is 5.92 Å². The molecule has 6 nitrogen and oxygen atoms in total. The average Bonchev–Trinajstić information content (AvgIpc) is 2.70. The van der Waals surface area contributed by atoms with Gasteiger partial charge in [-0.3, -0.25) is 14.2 Å². The smallest absolute Gasteiger partial charge is 0.263 e. The first kappa shape index (κ1) is 18.3. The highest BCUT2D eigenvalue weighted by Crippen LogP contribution is 2.25. The van der Waals surface area contributed by atoms with E-state index in [0.717, 1.165) is 36.1 Å². The van der Waals surface area contributed by atoms with Crippen LogP contribution in [0.2, 0.25) is 0 Å². The Morgan fingerprint density at radius 2 is 2.11 bits per heavy atom. The summed E-state index contributed by atoms with van der Waals surface area (Å²) in [6, 6.07) is 11.5. The number of aryl methyl sites for hydroxylation is 1.